The van der Waals surface area contributed by atoms with Crippen molar-refractivity contribution in [3.05, 3.63) is 102 Å². The highest BCUT2D eigenvalue weighted by molar-refractivity contribution is 9.10. The molecule has 384 valence electrons. The first-order chi connectivity index (χ1) is 35.3. The van der Waals surface area contributed by atoms with Crippen LogP contribution in [0.2, 0.25) is 0 Å². The van der Waals surface area contributed by atoms with E-state index >= 15 is 0 Å². The number of urea groups is 2. The molecule has 0 bridgehead atoms. The van der Waals surface area contributed by atoms with E-state index in [9.17, 15) is 19.2 Å². The van der Waals surface area contributed by atoms with Gasteiger partial charge in [-0.2, -0.15) is 0 Å². The molecule has 73 heavy (non-hydrogen) atoms. The molecule has 0 aliphatic carbocycles. The fourth-order valence-electron chi connectivity index (χ4n) is 9.39. The Hall–Kier alpha value is -7.42. The van der Waals surface area contributed by atoms with Crippen LogP contribution in [-0.2, 0) is 9.59 Å². The Balaban J connectivity index is 0.000000162. The van der Waals surface area contributed by atoms with Crippen LogP contribution in [0.5, 0.6) is 0 Å². The summed E-state index contributed by atoms with van der Waals surface area (Å²) in [6.07, 6.45) is 6.97. The van der Waals surface area contributed by atoms with Crippen LogP contribution < -0.4 is 40.4 Å². The number of anilines is 5. The number of hydrogen-bond acceptors (Lipinski definition) is 12. The minimum absolute atomic E-state index is 0.0903. The van der Waals surface area contributed by atoms with E-state index < -0.39 is 0 Å². The summed E-state index contributed by atoms with van der Waals surface area (Å²) < 4.78 is 5.02. The van der Waals surface area contributed by atoms with Crippen molar-refractivity contribution in [2.24, 2.45) is 11.8 Å². The minimum atomic E-state index is -0.111. The number of aromatic nitrogens is 8. The molecule has 21 heteroatoms. The number of hydrogen-bond donors (Lipinski definition) is 3. The summed E-state index contributed by atoms with van der Waals surface area (Å²) in [4.78, 5) is 67.5. The van der Waals surface area contributed by atoms with E-state index in [-0.39, 0.29) is 47.8 Å². The maximum Gasteiger partial charge on any atom is 0.330 e. The van der Waals surface area contributed by atoms with Crippen LogP contribution in [0.4, 0.5) is 38.3 Å². The van der Waals surface area contributed by atoms with Gasteiger partial charge in [0.25, 0.3) is 0 Å². The van der Waals surface area contributed by atoms with E-state index in [1.54, 1.807) is 41.4 Å². The second kappa shape index (κ2) is 23.9. The van der Waals surface area contributed by atoms with Crippen molar-refractivity contribution < 1.29 is 19.2 Å². The second-order valence-corrected chi connectivity index (χ2v) is 19.7. The lowest BCUT2D eigenvalue weighted by Gasteiger charge is -2.33. The topological polar surface area (TPSA) is 208 Å². The Kier molecular flexibility index (Phi) is 17.0. The first-order valence-electron chi connectivity index (χ1n) is 25.0. The number of rotatable bonds is 11. The van der Waals surface area contributed by atoms with Crippen LogP contribution in [0.3, 0.4) is 0 Å². The monoisotopic (exact) mass is 1060 g/mol. The van der Waals surface area contributed by atoms with Gasteiger partial charge in [0, 0.05) is 112 Å². The molecule has 0 unspecified atom stereocenters. The first kappa shape index (κ1) is 51.9. The molecule has 0 spiro atoms. The van der Waals surface area contributed by atoms with Crippen LogP contribution >= 0.6 is 15.9 Å². The lowest BCUT2D eigenvalue weighted by molar-refractivity contribution is -0.125. The highest BCUT2D eigenvalue weighted by atomic mass is 79.9. The number of nitrogens with zero attached hydrogens (tertiary/aromatic N) is 13. The van der Waals surface area contributed by atoms with Gasteiger partial charge in [-0.15, -0.1) is 20.4 Å². The number of carbonyl (C=O) groups is 4. The van der Waals surface area contributed by atoms with Gasteiger partial charge in [0.1, 0.15) is 35.7 Å². The largest absolute Gasteiger partial charge is 0.371 e. The summed E-state index contributed by atoms with van der Waals surface area (Å²) in [5.41, 5.74) is 4.62. The normalized spacial score (nSPS) is 16.3. The van der Waals surface area contributed by atoms with Gasteiger partial charge in [-0.3, -0.25) is 24.3 Å². The molecule has 6 amide bonds. The molecule has 4 fully saturated rings. The number of nitrogens with one attached hydrogen (secondary N) is 3. The Bertz CT molecular complexity index is 2820. The first-order valence-corrected chi connectivity index (χ1v) is 25.8. The fourth-order valence-corrected chi connectivity index (χ4v) is 9.65. The summed E-state index contributed by atoms with van der Waals surface area (Å²) in [5, 5.41) is 24.6. The molecular formula is C52H65BrN16O4. The van der Waals surface area contributed by atoms with Crippen LogP contribution in [0.25, 0.3) is 23.0 Å². The number of piperidine rings is 2. The average molecular weight is 1060 g/mol. The standard InChI is InChI=1S/C26H32N8O2.C13H17BrN2O.C13H16N6O/c1-18(2)34-17-28-30-24(34)22-5-4-6-23(29-22)33-16-15-32(26(33)36)21-9-7-20(8-10-21)31-13-11-19(12-14-31)25(35)27-3;1-15-13(17)10-6-8-16(9-7-10)12-4-2-11(14)3-5-12;1-9(2)19-8-15-17-12(19)10-4-3-5-11(16-10)18-7-6-14-13(18)20/h4-10,17-19H,11-16H2,1-3H3,(H,27,35);2-5,10H,6-9H2,1H3,(H,15,17);3-5,8-9H,6-7H2,1-2H3,(H,14,20). The minimum Gasteiger partial charge on any atom is -0.371 e. The quantitative estimate of drug-likeness (QED) is 0.118. The van der Waals surface area contributed by atoms with Crippen LogP contribution in [0, 0.1) is 11.8 Å². The van der Waals surface area contributed by atoms with Crippen molar-refractivity contribution in [2.45, 2.75) is 65.5 Å². The molecule has 6 aromatic rings. The van der Waals surface area contributed by atoms with Crippen LogP contribution in [0.1, 0.15) is 65.5 Å². The highest BCUT2D eigenvalue weighted by Crippen LogP contribution is 2.31. The van der Waals surface area contributed by atoms with E-state index in [4.69, 9.17) is 4.98 Å². The predicted octanol–water partition coefficient (Wildman–Crippen LogP) is 7.19. The zero-order valence-corrected chi connectivity index (χ0v) is 43.9. The van der Waals surface area contributed by atoms with E-state index in [0.29, 0.717) is 60.9 Å². The molecule has 0 radical (unpaired) electrons. The summed E-state index contributed by atoms with van der Waals surface area (Å²) >= 11 is 3.44. The molecule has 8 heterocycles. The lowest BCUT2D eigenvalue weighted by Crippen LogP contribution is -2.39. The molecular weight excluding hydrogens is 993 g/mol. The van der Waals surface area contributed by atoms with Crippen LogP contribution in [-0.4, -0.2) is 130 Å². The molecule has 0 atom stereocenters. The van der Waals surface area contributed by atoms with Gasteiger partial charge < -0.3 is 34.9 Å². The number of amides is 6. The average Bonchev–Trinajstić information content (AvgIpc) is 4.27. The number of carbonyl (C=O) groups excluding carboxylic acids is 4. The third kappa shape index (κ3) is 12.3. The Labute approximate surface area is 434 Å². The molecule has 2 aromatic carbocycles. The van der Waals surface area contributed by atoms with E-state index in [0.717, 1.165) is 67.7 Å². The number of halogens is 1. The summed E-state index contributed by atoms with van der Waals surface area (Å²) in [7, 11) is 3.41. The van der Waals surface area contributed by atoms with E-state index in [1.807, 2.05) is 57.7 Å². The Morgan fingerprint density at radius 2 is 1.01 bits per heavy atom. The molecule has 4 saturated heterocycles. The zero-order valence-electron chi connectivity index (χ0n) is 42.4. The van der Waals surface area contributed by atoms with Gasteiger partial charge in [-0.25, -0.2) is 19.6 Å². The summed E-state index contributed by atoms with van der Waals surface area (Å²) in [5.74, 6) is 3.22. The van der Waals surface area contributed by atoms with Gasteiger partial charge in [-0.05, 0) is 126 Å². The lowest BCUT2D eigenvalue weighted by atomic mass is 9.95. The Morgan fingerprint density at radius 1 is 0.575 bits per heavy atom. The van der Waals surface area contributed by atoms with Crippen molar-refractivity contribution in [1.82, 2.24) is 55.4 Å². The molecule has 4 aliphatic heterocycles. The summed E-state index contributed by atoms with van der Waals surface area (Å²) in [6, 6.07) is 27.9. The molecule has 0 saturated carbocycles. The van der Waals surface area contributed by atoms with Gasteiger partial charge in [0.15, 0.2) is 11.6 Å². The smallest absolute Gasteiger partial charge is 0.330 e. The second-order valence-electron chi connectivity index (χ2n) is 18.8. The van der Waals surface area contributed by atoms with Gasteiger partial charge in [0.2, 0.25) is 11.8 Å². The number of pyridine rings is 2. The molecule has 4 aromatic heterocycles. The van der Waals surface area contributed by atoms with Crippen molar-refractivity contribution >= 4 is 68.5 Å². The summed E-state index contributed by atoms with van der Waals surface area (Å²) in [6.45, 7) is 14.3. The highest BCUT2D eigenvalue weighted by Gasteiger charge is 2.33. The van der Waals surface area contributed by atoms with Crippen LogP contribution in [0.15, 0.2) is 102 Å². The van der Waals surface area contributed by atoms with E-state index in [2.05, 4.69) is 131 Å². The van der Waals surface area contributed by atoms with Crippen molar-refractivity contribution in [2.75, 3.05) is 91.0 Å². The zero-order chi connectivity index (χ0) is 51.6. The maximum absolute atomic E-state index is 13.3. The molecule has 3 N–H and O–H groups in total. The molecule has 4 aliphatic rings. The predicted molar refractivity (Wildman–Crippen MR) is 287 cm³/mol. The Morgan fingerprint density at radius 3 is 1.45 bits per heavy atom. The van der Waals surface area contributed by atoms with Gasteiger partial charge >= 0.3 is 12.1 Å². The molecule has 20 nitrogen and oxygen atoms in total. The number of benzene rings is 2. The van der Waals surface area contributed by atoms with E-state index in [1.165, 1.54) is 5.69 Å². The molecule has 10 rings (SSSR count). The van der Waals surface area contributed by atoms with Crippen molar-refractivity contribution in [1.29, 1.82) is 0 Å². The fraction of sp³-hybridized carbons (Fsp3) is 0.423. The third-order valence-electron chi connectivity index (χ3n) is 13.5. The maximum atomic E-state index is 13.3. The van der Waals surface area contributed by atoms with Crippen molar-refractivity contribution in [3.63, 3.8) is 0 Å². The van der Waals surface area contributed by atoms with Gasteiger partial charge in [0.05, 0.1) is 0 Å². The van der Waals surface area contributed by atoms with Gasteiger partial charge in [-0.1, -0.05) is 28.1 Å². The van der Waals surface area contributed by atoms with Crippen molar-refractivity contribution in [3.8, 4) is 23.0 Å². The SMILES string of the molecule is CC(C)n1cnnc1-c1cccc(N2CCNC2=O)n1.CNC(=O)C1CCN(c2ccc(Br)cc2)CC1.CNC(=O)C1CCN(c2ccc(N3CCN(c4cccc(-c5nncn5C(C)C)n4)C3=O)cc2)CC1. The third-order valence-corrected chi connectivity index (χ3v) is 14.1.